The molecule has 15 heteroatoms. The van der Waals surface area contributed by atoms with E-state index in [9.17, 15) is 44.3 Å². The fraction of sp³-hybridized carbons (Fsp3) is 0.409. The van der Waals surface area contributed by atoms with E-state index in [1.165, 1.54) is 13.0 Å². The van der Waals surface area contributed by atoms with Crippen molar-refractivity contribution in [2.24, 2.45) is 5.16 Å². The molecule has 0 saturated heterocycles. The first-order chi connectivity index (χ1) is 16.9. The summed E-state index contributed by atoms with van der Waals surface area (Å²) >= 11 is 5.48. The van der Waals surface area contributed by atoms with Gasteiger partial charge in [-0.2, -0.15) is 26.3 Å². The number of oxime groups is 1. The highest BCUT2D eigenvalue weighted by atomic mass is 35.5. The number of carbonyl (C=O) groups excluding carboxylic acids is 1. The molecule has 1 aliphatic carbocycles. The maximum Gasteiger partial charge on any atom is 0.435 e. The lowest BCUT2D eigenvalue weighted by molar-refractivity contribution is -0.276. The second-order valence-corrected chi connectivity index (χ2v) is 9.18. The Bertz CT molecular complexity index is 1290. The van der Waals surface area contributed by atoms with Crippen LogP contribution < -0.4 is 5.32 Å². The number of aryl methyl sites for hydroxylation is 1. The summed E-state index contributed by atoms with van der Waals surface area (Å²) in [7, 11) is 0. The van der Waals surface area contributed by atoms with Crippen LogP contribution in [0.3, 0.4) is 0 Å². The van der Waals surface area contributed by atoms with E-state index in [4.69, 9.17) is 11.6 Å². The minimum absolute atomic E-state index is 0.0337. The number of pyridine rings is 1. The van der Waals surface area contributed by atoms with Crippen LogP contribution >= 0.6 is 11.6 Å². The van der Waals surface area contributed by atoms with Crippen LogP contribution in [-0.2, 0) is 16.6 Å². The molecule has 1 N–H and O–H groups in total. The van der Waals surface area contributed by atoms with E-state index in [1.54, 1.807) is 0 Å². The smallest absolute Gasteiger partial charge is 0.374 e. The first-order valence-corrected chi connectivity index (χ1v) is 10.9. The van der Waals surface area contributed by atoms with Gasteiger partial charge < -0.3 is 10.2 Å². The molecule has 1 aliphatic heterocycles. The average molecular weight is 560 g/mol. The Morgan fingerprint density at radius 1 is 1.14 bits per heavy atom. The summed E-state index contributed by atoms with van der Waals surface area (Å²) in [6, 6.07) is 0.566. The maximum atomic E-state index is 14.7. The number of rotatable bonds is 4. The van der Waals surface area contributed by atoms with Crippen LogP contribution in [-0.4, -0.2) is 34.7 Å². The van der Waals surface area contributed by atoms with Crippen molar-refractivity contribution in [3.8, 4) is 0 Å². The second-order valence-electron chi connectivity index (χ2n) is 8.77. The number of aromatic nitrogens is 1. The van der Waals surface area contributed by atoms with Crippen molar-refractivity contribution in [3.63, 3.8) is 0 Å². The zero-order chi connectivity index (χ0) is 27.6. The highest BCUT2D eigenvalue weighted by molar-refractivity contribution is 6.30. The molecule has 1 atom stereocenters. The zero-order valence-electron chi connectivity index (χ0n) is 18.5. The molecule has 1 saturated carbocycles. The molecule has 37 heavy (non-hydrogen) atoms. The third kappa shape index (κ3) is 4.94. The monoisotopic (exact) mass is 559 g/mol. The van der Waals surface area contributed by atoms with Gasteiger partial charge in [-0.25, -0.2) is 13.2 Å². The Labute approximate surface area is 207 Å². The van der Waals surface area contributed by atoms with E-state index in [0.29, 0.717) is 0 Å². The van der Waals surface area contributed by atoms with Crippen molar-refractivity contribution in [2.45, 2.75) is 56.1 Å². The summed E-state index contributed by atoms with van der Waals surface area (Å²) in [4.78, 5) is 20.8. The molecule has 0 unspecified atom stereocenters. The Morgan fingerprint density at radius 3 is 2.32 bits per heavy atom. The first kappa shape index (κ1) is 27.0. The predicted octanol–water partition coefficient (Wildman–Crippen LogP) is 6.31. The number of nitrogens with zero attached hydrogens (tertiary/aromatic N) is 2. The van der Waals surface area contributed by atoms with Gasteiger partial charge in [0.15, 0.2) is 0 Å². The molecule has 1 aromatic carbocycles. The lowest BCUT2D eigenvalue weighted by Gasteiger charge is -2.35. The van der Waals surface area contributed by atoms with E-state index < -0.39 is 82.8 Å². The lowest BCUT2D eigenvalue weighted by atomic mass is 9.85. The SMILES string of the molecule is Cc1cc(C2=NO[C@](c3cc(C(F)(F)F)cc(Cl)c3F)(C(F)(F)F)C2)cnc1C(=O)NC1CC(F)(F)C1. The summed E-state index contributed by atoms with van der Waals surface area (Å²) < 4.78 is 123. The lowest BCUT2D eigenvalue weighted by Crippen LogP contribution is -2.50. The second kappa shape index (κ2) is 8.77. The van der Waals surface area contributed by atoms with Gasteiger partial charge in [0.1, 0.15) is 11.5 Å². The largest absolute Gasteiger partial charge is 0.435 e. The topological polar surface area (TPSA) is 63.6 Å². The van der Waals surface area contributed by atoms with Crippen LogP contribution in [0.4, 0.5) is 39.5 Å². The molecule has 0 spiro atoms. The van der Waals surface area contributed by atoms with E-state index >= 15 is 0 Å². The first-order valence-electron chi connectivity index (χ1n) is 10.5. The average Bonchev–Trinajstić information content (AvgIpc) is 3.20. The molecule has 2 aromatic rings. The number of nitrogens with one attached hydrogen (secondary N) is 1. The van der Waals surface area contributed by atoms with Crippen molar-refractivity contribution in [3.05, 3.63) is 63.2 Å². The fourth-order valence-corrected chi connectivity index (χ4v) is 4.29. The number of benzene rings is 1. The van der Waals surface area contributed by atoms with E-state index in [1.807, 2.05) is 0 Å². The van der Waals surface area contributed by atoms with Gasteiger partial charge in [-0.3, -0.25) is 9.78 Å². The van der Waals surface area contributed by atoms with Gasteiger partial charge in [-0.05, 0) is 30.7 Å². The number of alkyl halides is 8. The number of hydrogen-bond donors (Lipinski definition) is 1. The third-order valence-corrected chi connectivity index (χ3v) is 6.30. The van der Waals surface area contributed by atoms with Crippen molar-refractivity contribution < 1.29 is 49.1 Å². The molecule has 2 aliphatic rings. The van der Waals surface area contributed by atoms with Gasteiger partial charge in [-0.1, -0.05) is 16.8 Å². The van der Waals surface area contributed by atoms with Crippen molar-refractivity contribution in [2.75, 3.05) is 0 Å². The van der Waals surface area contributed by atoms with Crippen LogP contribution in [0.1, 0.15) is 52.0 Å². The van der Waals surface area contributed by atoms with E-state index in [-0.39, 0.29) is 29.0 Å². The summed E-state index contributed by atoms with van der Waals surface area (Å²) in [5.74, 6) is -5.41. The number of carbonyl (C=O) groups is 1. The van der Waals surface area contributed by atoms with Crippen LogP contribution in [0.15, 0.2) is 29.6 Å². The molecular formula is C22H15ClF9N3O2. The minimum atomic E-state index is -5.43. The van der Waals surface area contributed by atoms with Crippen molar-refractivity contribution >= 4 is 23.2 Å². The molecule has 0 bridgehead atoms. The minimum Gasteiger partial charge on any atom is -0.374 e. The van der Waals surface area contributed by atoms with Gasteiger partial charge in [0.2, 0.25) is 0 Å². The number of halogens is 10. The molecule has 1 amide bonds. The van der Waals surface area contributed by atoms with Crippen LogP contribution in [0, 0.1) is 12.7 Å². The summed E-state index contributed by atoms with van der Waals surface area (Å²) in [6.07, 6.45) is -11.9. The third-order valence-electron chi connectivity index (χ3n) is 6.03. The molecule has 5 nitrogen and oxygen atoms in total. The van der Waals surface area contributed by atoms with Gasteiger partial charge in [0.05, 0.1) is 22.7 Å². The molecule has 200 valence electrons. The van der Waals surface area contributed by atoms with Gasteiger partial charge in [0.25, 0.3) is 17.4 Å². The quantitative estimate of drug-likeness (QED) is 0.447. The summed E-state index contributed by atoms with van der Waals surface area (Å²) in [6.45, 7) is 1.38. The van der Waals surface area contributed by atoms with Gasteiger partial charge in [0, 0.05) is 36.2 Å². The zero-order valence-corrected chi connectivity index (χ0v) is 19.3. The molecule has 0 radical (unpaired) electrons. The Hall–Kier alpha value is -3.03. The Balaban J connectivity index is 1.63. The molecule has 1 fully saturated rings. The Morgan fingerprint density at radius 2 is 1.78 bits per heavy atom. The number of hydrogen-bond acceptors (Lipinski definition) is 4. The highest BCUT2D eigenvalue weighted by Crippen LogP contribution is 2.51. The van der Waals surface area contributed by atoms with E-state index in [0.717, 1.165) is 6.20 Å². The van der Waals surface area contributed by atoms with Gasteiger partial charge in [-0.15, -0.1) is 0 Å². The summed E-state index contributed by atoms with van der Waals surface area (Å²) in [5, 5.41) is 4.53. The molecular weight excluding hydrogens is 545 g/mol. The van der Waals surface area contributed by atoms with Crippen LogP contribution in [0.25, 0.3) is 0 Å². The van der Waals surface area contributed by atoms with Crippen LogP contribution in [0.2, 0.25) is 5.02 Å². The molecule has 1 aromatic heterocycles. The highest BCUT2D eigenvalue weighted by Gasteiger charge is 2.64. The standard InChI is InChI=1S/C22H15ClF9N3O2/c1-9-2-10(8-33-17(9)18(36)34-12-5-19(25,26)6-12)15-7-20(37-35-15,22(30,31)32)13-3-11(21(27,28)29)4-14(23)16(13)24/h2-4,8,12H,5-7H2,1H3,(H,34,36)/t20-/m1/s1. The Kier molecular flexibility index (Phi) is 6.41. The van der Waals surface area contributed by atoms with Crippen molar-refractivity contribution in [1.82, 2.24) is 10.3 Å². The normalized spacial score (nSPS) is 21.8. The molecule has 4 rings (SSSR count). The van der Waals surface area contributed by atoms with E-state index in [2.05, 4.69) is 20.3 Å². The molecule has 2 heterocycles. The maximum absolute atomic E-state index is 14.7. The number of amides is 1. The van der Waals surface area contributed by atoms with Crippen molar-refractivity contribution in [1.29, 1.82) is 0 Å². The van der Waals surface area contributed by atoms with Crippen LogP contribution in [0.5, 0.6) is 0 Å². The predicted molar refractivity (Wildman–Crippen MR) is 111 cm³/mol. The van der Waals surface area contributed by atoms with Gasteiger partial charge >= 0.3 is 12.4 Å². The fourth-order valence-electron chi connectivity index (χ4n) is 4.07. The summed E-state index contributed by atoms with van der Waals surface area (Å²) in [5.41, 5.74) is -7.32.